The Morgan fingerprint density at radius 1 is 1.20 bits per heavy atom. The summed E-state index contributed by atoms with van der Waals surface area (Å²) >= 11 is 0. The Labute approximate surface area is 174 Å². The minimum atomic E-state index is -0.696. The van der Waals surface area contributed by atoms with Gasteiger partial charge in [0.2, 0.25) is 0 Å². The predicted molar refractivity (Wildman–Crippen MR) is 111 cm³/mol. The second-order valence-corrected chi connectivity index (χ2v) is 7.88. The van der Waals surface area contributed by atoms with E-state index in [-0.39, 0.29) is 23.3 Å². The van der Waals surface area contributed by atoms with E-state index in [0.29, 0.717) is 11.6 Å². The summed E-state index contributed by atoms with van der Waals surface area (Å²) in [5, 5.41) is 16.5. The lowest BCUT2D eigenvalue weighted by Gasteiger charge is -2.14. The molecule has 3 rings (SSSR count). The maximum atomic E-state index is 12.4. The quantitative estimate of drug-likeness (QED) is 0.603. The molecule has 0 aliphatic carbocycles. The SMILES string of the molecule is Cc1oc(CO)cc1C(=O)OCC(=O)Nc1cc(C(C)(C)C)nn1-c1ccccc1. The van der Waals surface area contributed by atoms with Gasteiger partial charge in [-0.05, 0) is 25.1 Å². The summed E-state index contributed by atoms with van der Waals surface area (Å²) in [5.74, 6) is -0.136. The van der Waals surface area contributed by atoms with Crippen LogP contribution < -0.4 is 5.32 Å². The highest BCUT2D eigenvalue weighted by atomic mass is 16.5. The van der Waals surface area contributed by atoms with Crippen molar-refractivity contribution in [2.45, 2.75) is 39.7 Å². The van der Waals surface area contributed by atoms with Crippen molar-refractivity contribution in [2.24, 2.45) is 0 Å². The second kappa shape index (κ2) is 8.54. The van der Waals surface area contributed by atoms with E-state index in [1.54, 1.807) is 17.7 Å². The van der Waals surface area contributed by atoms with Crippen LogP contribution in [0, 0.1) is 6.92 Å². The van der Waals surface area contributed by atoms with Crippen LogP contribution in [0.4, 0.5) is 5.82 Å². The number of ether oxygens (including phenoxy) is 1. The molecule has 0 unspecified atom stereocenters. The Balaban J connectivity index is 1.73. The molecule has 1 amide bonds. The fourth-order valence-corrected chi connectivity index (χ4v) is 2.81. The minimum Gasteiger partial charge on any atom is -0.463 e. The zero-order chi connectivity index (χ0) is 21.9. The van der Waals surface area contributed by atoms with E-state index in [1.165, 1.54) is 6.07 Å². The second-order valence-electron chi connectivity index (χ2n) is 7.88. The fraction of sp³-hybridized carbons (Fsp3) is 0.318. The fourth-order valence-electron chi connectivity index (χ4n) is 2.81. The number of aromatic nitrogens is 2. The summed E-state index contributed by atoms with van der Waals surface area (Å²) in [5.41, 5.74) is 1.57. The number of amides is 1. The number of hydrogen-bond donors (Lipinski definition) is 2. The number of furan rings is 1. The van der Waals surface area contributed by atoms with Crippen LogP contribution in [0.15, 0.2) is 46.9 Å². The molecule has 2 N–H and O–H groups in total. The number of carbonyl (C=O) groups is 2. The zero-order valence-corrected chi connectivity index (χ0v) is 17.4. The summed E-state index contributed by atoms with van der Waals surface area (Å²) in [6, 6.07) is 12.6. The molecule has 30 heavy (non-hydrogen) atoms. The first-order valence-electron chi connectivity index (χ1n) is 9.52. The van der Waals surface area contributed by atoms with E-state index in [1.807, 2.05) is 51.1 Å². The molecule has 0 aliphatic rings. The topological polar surface area (TPSA) is 107 Å². The van der Waals surface area contributed by atoms with Gasteiger partial charge in [-0.15, -0.1) is 0 Å². The Kier molecular flexibility index (Phi) is 6.07. The van der Waals surface area contributed by atoms with Gasteiger partial charge in [-0.2, -0.15) is 5.10 Å². The van der Waals surface area contributed by atoms with E-state index in [4.69, 9.17) is 14.3 Å². The number of aliphatic hydroxyl groups excluding tert-OH is 1. The Morgan fingerprint density at radius 3 is 2.50 bits per heavy atom. The van der Waals surface area contributed by atoms with Gasteiger partial charge in [0.25, 0.3) is 5.91 Å². The molecule has 2 heterocycles. The Hall–Kier alpha value is -3.39. The lowest BCUT2D eigenvalue weighted by Crippen LogP contribution is -2.22. The number of para-hydroxylation sites is 1. The van der Waals surface area contributed by atoms with Gasteiger partial charge in [-0.3, -0.25) is 4.79 Å². The predicted octanol–water partition coefficient (Wildman–Crippen LogP) is 3.36. The van der Waals surface area contributed by atoms with Crippen molar-refractivity contribution in [3.05, 3.63) is 65.2 Å². The van der Waals surface area contributed by atoms with E-state index >= 15 is 0 Å². The van der Waals surface area contributed by atoms with Crippen molar-refractivity contribution in [3.63, 3.8) is 0 Å². The van der Waals surface area contributed by atoms with Crippen LogP contribution in [0.1, 0.15) is 48.3 Å². The van der Waals surface area contributed by atoms with Crippen molar-refractivity contribution < 1.29 is 23.8 Å². The average molecular weight is 411 g/mol. The van der Waals surface area contributed by atoms with E-state index < -0.39 is 18.5 Å². The van der Waals surface area contributed by atoms with Crippen molar-refractivity contribution in [3.8, 4) is 5.69 Å². The number of esters is 1. The van der Waals surface area contributed by atoms with Crippen molar-refractivity contribution in [1.82, 2.24) is 9.78 Å². The van der Waals surface area contributed by atoms with Gasteiger partial charge < -0.3 is 19.6 Å². The highest BCUT2D eigenvalue weighted by molar-refractivity contribution is 5.95. The van der Waals surface area contributed by atoms with E-state index in [0.717, 1.165) is 11.4 Å². The van der Waals surface area contributed by atoms with Gasteiger partial charge in [0.1, 0.15) is 29.5 Å². The first-order chi connectivity index (χ1) is 14.2. The summed E-state index contributed by atoms with van der Waals surface area (Å²) in [6.45, 7) is 6.89. The van der Waals surface area contributed by atoms with Crippen LogP contribution in [-0.2, 0) is 21.6 Å². The molecular weight excluding hydrogens is 386 g/mol. The smallest absolute Gasteiger partial charge is 0.342 e. The monoisotopic (exact) mass is 411 g/mol. The molecule has 1 aromatic carbocycles. The lowest BCUT2D eigenvalue weighted by molar-refractivity contribution is -0.119. The third kappa shape index (κ3) is 4.77. The first kappa shape index (κ1) is 21.3. The van der Waals surface area contributed by atoms with Crippen molar-refractivity contribution in [2.75, 3.05) is 11.9 Å². The number of aryl methyl sites for hydroxylation is 1. The number of rotatable bonds is 6. The maximum absolute atomic E-state index is 12.4. The van der Waals surface area contributed by atoms with Crippen LogP contribution >= 0.6 is 0 Å². The highest BCUT2D eigenvalue weighted by Crippen LogP contribution is 2.26. The van der Waals surface area contributed by atoms with Gasteiger partial charge in [-0.25, -0.2) is 9.48 Å². The normalized spacial score (nSPS) is 11.4. The summed E-state index contributed by atoms with van der Waals surface area (Å²) in [6.07, 6.45) is 0. The molecule has 3 aromatic rings. The van der Waals surface area contributed by atoms with Crippen molar-refractivity contribution >= 4 is 17.7 Å². The van der Waals surface area contributed by atoms with Gasteiger partial charge in [0.05, 0.1) is 11.4 Å². The third-order valence-electron chi connectivity index (χ3n) is 4.42. The number of nitrogens with zero attached hydrogens (tertiary/aromatic N) is 2. The molecule has 2 aromatic heterocycles. The van der Waals surface area contributed by atoms with Crippen molar-refractivity contribution in [1.29, 1.82) is 0 Å². The molecule has 158 valence electrons. The number of anilines is 1. The highest BCUT2D eigenvalue weighted by Gasteiger charge is 2.22. The van der Waals surface area contributed by atoms with Gasteiger partial charge in [0, 0.05) is 11.5 Å². The molecule has 0 fully saturated rings. The lowest BCUT2D eigenvalue weighted by atomic mass is 9.92. The molecular formula is C22H25N3O5. The molecule has 0 saturated heterocycles. The summed E-state index contributed by atoms with van der Waals surface area (Å²) in [4.78, 5) is 24.7. The van der Waals surface area contributed by atoms with E-state index in [2.05, 4.69) is 10.4 Å². The molecule has 0 bridgehead atoms. The van der Waals surface area contributed by atoms with Crippen LogP contribution in [0.5, 0.6) is 0 Å². The number of carbonyl (C=O) groups excluding carboxylic acids is 2. The van der Waals surface area contributed by atoms with Crippen LogP contribution in [-0.4, -0.2) is 33.4 Å². The molecule has 0 radical (unpaired) electrons. The zero-order valence-electron chi connectivity index (χ0n) is 17.4. The molecule has 8 heteroatoms. The van der Waals surface area contributed by atoms with Gasteiger partial charge in [-0.1, -0.05) is 39.0 Å². The largest absolute Gasteiger partial charge is 0.463 e. The Bertz CT molecular complexity index is 1040. The molecule has 0 saturated carbocycles. The van der Waals surface area contributed by atoms with Gasteiger partial charge >= 0.3 is 5.97 Å². The average Bonchev–Trinajstić information content (AvgIpc) is 3.30. The molecule has 0 spiro atoms. The molecule has 0 aliphatic heterocycles. The van der Waals surface area contributed by atoms with E-state index in [9.17, 15) is 9.59 Å². The summed E-state index contributed by atoms with van der Waals surface area (Å²) in [7, 11) is 0. The minimum absolute atomic E-state index is 0.177. The third-order valence-corrected chi connectivity index (χ3v) is 4.42. The van der Waals surface area contributed by atoms with Gasteiger partial charge in [0.15, 0.2) is 6.61 Å². The van der Waals surface area contributed by atoms with Crippen LogP contribution in [0.25, 0.3) is 5.69 Å². The Morgan fingerprint density at radius 2 is 1.90 bits per heavy atom. The maximum Gasteiger partial charge on any atom is 0.342 e. The molecule has 0 atom stereocenters. The van der Waals surface area contributed by atoms with Crippen LogP contribution in [0.3, 0.4) is 0 Å². The number of hydrogen-bond acceptors (Lipinski definition) is 6. The molecule has 8 nitrogen and oxygen atoms in total. The number of benzene rings is 1. The summed E-state index contributed by atoms with van der Waals surface area (Å²) < 4.78 is 12.0. The van der Waals surface area contributed by atoms with Crippen LogP contribution in [0.2, 0.25) is 0 Å². The standard InChI is InChI=1S/C22H25N3O5/c1-14-17(10-16(12-26)30-14)21(28)29-13-20(27)23-19-11-18(22(2,3)4)24-25(19)15-8-6-5-7-9-15/h5-11,26H,12-13H2,1-4H3,(H,23,27). The first-order valence-corrected chi connectivity index (χ1v) is 9.52. The number of aliphatic hydroxyl groups is 1. The number of nitrogens with one attached hydrogen (secondary N) is 1.